The van der Waals surface area contributed by atoms with Gasteiger partial charge in [0.25, 0.3) is 0 Å². The molecule has 1 rings (SSSR count). The summed E-state index contributed by atoms with van der Waals surface area (Å²) in [5, 5.41) is 3.29. The molecule has 0 amide bonds. The summed E-state index contributed by atoms with van der Waals surface area (Å²) in [5.41, 5.74) is 1.19. The summed E-state index contributed by atoms with van der Waals surface area (Å²) in [5.74, 6) is -0.163. The molecule has 0 aliphatic rings. The minimum Gasteiger partial charge on any atom is -0.316 e. The fourth-order valence-corrected chi connectivity index (χ4v) is 1.53. The third-order valence-electron chi connectivity index (χ3n) is 2.62. The van der Waals surface area contributed by atoms with Gasteiger partial charge in [-0.3, -0.25) is 0 Å². The maximum Gasteiger partial charge on any atom is 0.123 e. The molecule has 0 bridgehead atoms. The number of likely N-dealkylation sites (N-methyl/N-ethyl adjacent to an activating group) is 2. The molecule has 0 heterocycles. The molecule has 0 spiro atoms. The molecule has 3 heteroatoms. The first kappa shape index (κ1) is 13.1. The molecule has 0 atom stereocenters. The van der Waals surface area contributed by atoms with Crippen LogP contribution < -0.4 is 5.32 Å². The highest BCUT2D eigenvalue weighted by molar-refractivity contribution is 5.16. The predicted octanol–water partition coefficient (Wildman–Crippen LogP) is 1.91. The van der Waals surface area contributed by atoms with Crippen molar-refractivity contribution in [3.05, 3.63) is 35.6 Å². The summed E-state index contributed by atoms with van der Waals surface area (Å²) in [6, 6.07) is 6.75. The van der Waals surface area contributed by atoms with Crippen LogP contribution in [0.4, 0.5) is 4.39 Å². The number of nitrogens with one attached hydrogen (secondary N) is 1. The van der Waals surface area contributed by atoms with Gasteiger partial charge >= 0.3 is 0 Å². The lowest BCUT2D eigenvalue weighted by atomic mass is 10.1. The van der Waals surface area contributed by atoms with Gasteiger partial charge in [0.05, 0.1) is 0 Å². The van der Waals surface area contributed by atoms with E-state index in [1.807, 2.05) is 12.1 Å². The molecule has 1 N–H and O–H groups in total. The second-order valence-electron chi connectivity index (χ2n) is 4.03. The van der Waals surface area contributed by atoms with Gasteiger partial charge in [0.1, 0.15) is 5.82 Å². The SMILES string of the molecule is CCNCCN(C)CCc1ccc(F)cc1. The van der Waals surface area contributed by atoms with Gasteiger partial charge in [-0.15, -0.1) is 0 Å². The highest BCUT2D eigenvalue weighted by atomic mass is 19.1. The van der Waals surface area contributed by atoms with Gasteiger partial charge < -0.3 is 10.2 Å². The first-order valence-electron chi connectivity index (χ1n) is 5.86. The van der Waals surface area contributed by atoms with E-state index in [2.05, 4.69) is 24.2 Å². The van der Waals surface area contributed by atoms with E-state index in [0.29, 0.717) is 0 Å². The second kappa shape index (κ2) is 7.36. The van der Waals surface area contributed by atoms with E-state index >= 15 is 0 Å². The van der Waals surface area contributed by atoms with Crippen molar-refractivity contribution in [3.63, 3.8) is 0 Å². The Morgan fingerprint density at radius 3 is 2.50 bits per heavy atom. The lowest BCUT2D eigenvalue weighted by Gasteiger charge is -2.16. The summed E-state index contributed by atoms with van der Waals surface area (Å²) in [6.45, 7) is 6.22. The number of nitrogens with zero attached hydrogens (tertiary/aromatic N) is 1. The molecule has 2 nitrogen and oxygen atoms in total. The van der Waals surface area contributed by atoms with Crippen LogP contribution in [0.2, 0.25) is 0 Å². The number of benzene rings is 1. The summed E-state index contributed by atoms with van der Waals surface area (Å²) >= 11 is 0. The van der Waals surface area contributed by atoms with Crippen molar-refractivity contribution >= 4 is 0 Å². The molecule has 0 saturated carbocycles. The quantitative estimate of drug-likeness (QED) is 0.712. The molecular weight excluding hydrogens is 203 g/mol. The Bertz CT molecular complexity index is 284. The largest absolute Gasteiger partial charge is 0.316 e. The van der Waals surface area contributed by atoms with Crippen molar-refractivity contribution in [1.29, 1.82) is 0 Å². The van der Waals surface area contributed by atoms with Crippen LogP contribution in [0.25, 0.3) is 0 Å². The van der Waals surface area contributed by atoms with E-state index in [-0.39, 0.29) is 5.82 Å². The maximum atomic E-state index is 12.7. The van der Waals surface area contributed by atoms with Crippen molar-refractivity contribution in [3.8, 4) is 0 Å². The van der Waals surface area contributed by atoms with Gasteiger partial charge in [-0.25, -0.2) is 4.39 Å². The van der Waals surface area contributed by atoms with Gasteiger partial charge in [0, 0.05) is 19.6 Å². The molecule has 0 fully saturated rings. The summed E-state index contributed by atoms with van der Waals surface area (Å²) in [6.07, 6.45) is 0.975. The van der Waals surface area contributed by atoms with Crippen LogP contribution in [0.15, 0.2) is 24.3 Å². The number of rotatable bonds is 7. The van der Waals surface area contributed by atoms with Crippen molar-refractivity contribution in [2.45, 2.75) is 13.3 Å². The Labute approximate surface area is 97.5 Å². The van der Waals surface area contributed by atoms with Crippen molar-refractivity contribution < 1.29 is 4.39 Å². The first-order chi connectivity index (χ1) is 7.72. The van der Waals surface area contributed by atoms with Gasteiger partial charge in [0.2, 0.25) is 0 Å². The van der Waals surface area contributed by atoms with E-state index in [9.17, 15) is 4.39 Å². The molecule has 0 saturated heterocycles. The highest BCUT2D eigenvalue weighted by Gasteiger charge is 1.99. The molecular formula is C13H21FN2. The molecule has 0 aliphatic carbocycles. The van der Waals surface area contributed by atoms with Gasteiger partial charge in [-0.1, -0.05) is 19.1 Å². The van der Waals surface area contributed by atoms with E-state index in [1.54, 1.807) is 0 Å². The minimum absolute atomic E-state index is 0.163. The topological polar surface area (TPSA) is 15.3 Å². The van der Waals surface area contributed by atoms with Crippen molar-refractivity contribution in [2.75, 3.05) is 33.2 Å². The monoisotopic (exact) mass is 224 g/mol. The standard InChI is InChI=1S/C13H21FN2/c1-3-15-9-11-16(2)10-8-12-4-6-13(14)7-5-12/h4-7,15H,3,8-11H2,1-2H3. The van der Waals surface area contributed by atoms with Crippen LogP contribution in [0.3, 0.4) is 0 Å². The number of hydrogen-bond donors (Lipinski definition) is 1. The normalized spacial score (nSPS) is 11.0. The van der Waals surface area contributed by atoms with Crippen LogP contribution in [0.5, 0.6) is 0 Å². The lowest BCUT2D eigenvalue weighted by Crippen LogP contribution is -2.30. The molecule has 0 unspecified atom stereocenters. The molecule has 16 heavy (non-hydrogen) atoms. The smallest absolute Gasteiger partial charge is 0.123 e. The minimum atomic E-state index is -0.163. The lowest BCUT2D eigenvalue weighted by molar-refractivity contribution is 0.337. The third kappa shape index (κ3) is 5.24. The average Bonchev–Trinajstić information content (AvgIpc) is 2.29. The Hall–Kier alpha value is -0.930. The number of hydrogen-bond acceptors (Lipinski definition) is 2. The summed E-state index contributed by atoms with van der Waals surface area (Å²) < 4.78 is 12.7. The van der Waals surface area contributed by atoms with Crippen LogP contribution in [0, 0.1) is 5.82 Å². The summed E-state index contributed by atoms with van der Waals surface area (Å²) in [7, 11) is 2.11. The van der Waals surface area contributed by atoms with Gasteiger partial charge in [-0.05, 0) is 37.7 Å². The average molecular weight is 224 g/mol. The fourth-order valence-electron chi connectivity index (χ4n) is 1.53. The summed E-state index contributed by atoms with van der Waals surface area (Å²) in [4.78, 5) is 2.28. The molecule has 0 radical (unpaired) electrons. The fraction of sp³-hybridized carbons (Fsp3) is 0.538. The Kier molecular flexibility index (Phi) is 6.04. The van der Waals surface area contributed by atoms with Crippen LogP contribution >= 0.6 is 0 Å². The van der Waals surface area contributed by atoms with Crippen molar-refractivity contribution in [2.24, 2.45) is 0 Å². The van der Waals surface area contributed by atoms with Crippen molar-refractivity contribution in [1.82, 2.24) is 10.2 Å². The zero-order valence-electron chi connectivity index (χ0n) is 10.2. The Morgan fingerprint density at radius 1 is 1.19 bits per heavy atom. The van der Waals surface area contributed by atoms with Gasteiger partial charge in [0.15, 0.2) is 0 Å². The highest BCUT2D eigenvalue weighted by Crippen LogP contribution is 2.03. The van der Waals surface area contributed by atoms with Crippen LogP contribution in [-0.4, -0.2) is 38.1 Å². The first-order valence-corrected chi connectivity index (χ1v) is 5.86. The van der Waals surface area contributed by atoms with E-state index in [1.165, 1.54) is 17.7 Å². The zero-order chi connectivity index (χ0) is 11.8. The van der Waals surface area contributed by atoms with E-state index < -0.39 is 0 Å². The maximum absolute atomic E-state index is 12.7. The molecule has 0 aliphatic heterocycles. The van der Waals surface area contributed by atoms with Gasteiger partial charge in [-0.2, -0.15) is 0 Å². The molecule has 1 aromatic rings. The molecule has 90 valence electrons. The van der Waals surface area contributed by atoms with E-state index in [0.717, 1.165) is 32.6 Å². The Balaban J connectivity index is 2.20. The number of halogens is 1. The zero-order valence-corrected chi connectivity index (χ0v) is 10.2. The molecule has 1 aromatic carbocycles. The Morgan fingerprint density at radius 2 is 1.88 bits per heavy atom. The second-order valence-corrected chi connectivity index (χ2v) is 4.03. The third-order valence-corrected chi connectivity index (χ3v) is 2.62. The van der Waals surface area contributed by atoms with Crippen LogP contribution in [0.1, 0.15) is 12.5 Å². The van der Waals surface area contributed by atoms with Crippen LogP contribution in [-0.2, 0) is 6.42 Å². The predicted molar refractivity (Wildman–Crippen MR) is 66.1 cm³/mol. The van der Waals surface area contributed by atoms with E-state index in [4.69, 9.17) is 0 Å². The molecule has 0 aromatic heterocycles.